The first-order valence-electron chi connectivity index (χ1n) is 5.61. The van der Waals surface area contributed by atoms with E-state index in [9.17, 15) is 0 Å². The molecule has 0 unspecified atom stereocenters. The number of rotatable bonds is 2. The smallest absolute Gasteiger partial charge is 0.127 e. The summed E-state index contributed by atoms with van der Waals surface area (Å²) in [7, 11) is 0. The van der Waals surface area contributed by atoms with E-state index in [1.807, 2.05) is 40.9 Å². The van der Waals surface area contributed by atoms with Crippen LogP contribution in [-0.4, -0.2) is 9.38 Å². The second kappa shape index (κ2) is 4.03. The third-order valence-corrected chi connectivity index (χ3v) is 2.85. The average Bonchev–Trinajstić information content (AvgIpc) is 2.78. The van der Waals surface area contributed by atoms with E-state index in [0.717, 1.165) is 22.6 Å². The Morgan fingerprint density at radius 1 is 1.00 bits per heavy atom. The van der Waals surface area contributed by atoms with Gasteiger partial charge < -0.3 is 10.1 Å². The van der Waals surface area contributed by atoms with E-state index >= 15 is 0 Å². The van der Waals surface area contributed by atoms with E-state index in [2.05, 4.69) is 23.2 Å². The molecule has 3 nitrogen and oxygen atoms in total. The summed E-state index contributed by atoms with van der Waals surface area (Å²) in [5.74, 6) is 0.888. The van der Waals surface area contributed by atoms with Crippen molar-refractivity contribution >= 4 is 5.52 Å². The van der Waals surface area contributed by atoms with Crippen molar-refractivity contribution in [2.24, 2.45) is 5.73 Å². The maximum absolute atomic E-state index is 5.72. The zero-order valence-corrected chi connectivity index (χ0v) is 9.38. The van der Waals surface area contributed by atoms with Gasteiger partial charge in [-0.05, 0) is 12.1 Å². The molecule has 1 aromatic carbocycles. The predicted octanol–water partition coefficient (Wildman–Crippen LogP) is 2.46. The van der Waals surface area contributed by atoms with Gasteiger partial charge in [0.1, 0.15) is 5.82 Å². The highest BCUT2D eigenvalue weighted by atomic mass is 15.0. The summed E-state index contributed by atoms with van der Waals surface area (Å²) < 4.78 is 2.04. The molecule has 0 bridgehead atoms. The molecule has 0 spiro atoms. The normalized spacial score (nSPS) is 10.9. The molecule has 0 aliphatic heterocycles. The SMILES string of the molecule is NCc1nc(-c2ccccc2)c2ccccn12. The molecule has 2 N–H and O–H groups in total. The van der Waals surface area contributed by atoms with Crippen LogP contribution in [0.3, 0.4) is 0 Å². The molecule has 2 aromatic heterocycles. The van der Waals surface area contributed by atoms with Crippen LogP contribution in [0.5, 0.6) is 0 Å². The minimum absolute atomic E-state index is 0.442. The second-order valence-electron chi connectivity index (χ2n) is 3.90. The van der Waals surface area contributed by atoms with Crippen LogP contribution in [0, 0.1) is 0 Å². The Morgan fingerprint density at radius 2 is 1.76 bits per heavy atom. The van der Waals surface area contributed by atoms with E-state index in [4.69, 9.17) is 5.73 Å². The average molecular weight is 223 g/mol. The van der Waals surface area contributed by atoms with Crippen molar-refractivity contribution in [2.45, 2.75) is 6.54 Å². The van der Waals surface area contributed by atoms with Gasteiger partial charge in [0.2, 0.25) is 0 Å². The van der Waals surface area contributed by atoms with Crippen LogP contribution in [0.25, 0.3) is 16.8 Å². The molecular formula is C14H13N3. The summed E-state index contributed by atoms with van der Waals surface area (Å²) in [4.78, 5) is 4.62. The Labute approximate surface area is 99.5 Å². The van der Waals surface area contributed by atoms with Gasteiger partial charge in [0.15, 0.2) is 0 Å². The van der Waals surface area contributed by atoms with Crippen LogP contribution in [0.15, 0.2) is 54.7 Å². The molecule has 0 saturated carbocycles. The van der Waals surface area contributed by atoms with Gasteiger partial charge in [0.05, 0.1) is 17.8 Å². The van der Waals surface area contributed by atoms with Gasteiger partial charge in [-0.25, -0.2) is 4.98 Å². The number of hydrogen-bond donors (Lipinski definition) is 1. The molecule has 2 heterocycles. The number of aromatic nitrogens is 2. The predicted molar refractivity (Wildman–Crippen MR) is 68.5 cm³/mol. The van der Waals surface area contributed by atoms with E-state index in [1.54, 1.807) is 0 Å². The number of nitrogens with zero attached hydrogens (tertiary/aromatic N) is 2. The van der Waals surface area contributed by atoms with E-state index in [0.29, 0.717) is 6.54 Å². The molecule has 0 saturated heterocycles. The molecule has 84 valence electrons. The lowest BCUT2D eigenvalue weighted by Gasteiger charge is -1.98. The van der Waals surface area contributed by atoms with Crippen molar-refractivity contribution < 1.29 is 0 Å². The van der Waals surface area contributed by atoms with Gasteiger partial charge in [-0.3, -0.25) is 0 Å². The number of benzene rings is 1. The molecule has 0 radical (unpaired) electrons. The second-order valence-corrected chi connectivity index (χ2v) is 3.90. The number of fused-ring (bicyclic) bond motifs is 1. The lowest BCUT2D eigenvalue weighted by atomic mass is 10.1. The van der Waals surface area contributed by atoms with Gasteiger partial charge in [0.25, 0.3) is 0 Å². The van der Waals surface area contributed by atoms with Crippen LogP contribution in [0.1, 0.15) is 5.82 Å². The van der Waals surface area contributed by atoms with Gasteiger partial charge in [-0.15, -0.1) is 0 Å². The molecule has 0 amide bonds. The first kappa shape index (κ1) is 10.1. The molecule has 0 aliphatic rings. The van der Waals surface area contributed by atoms with Crippen LogP contribution in [0.2, 0.25) is 0 Å². The zero-order valence-electron chi connectivity index (χ0n) is 9.38. The van der Waals surface area contributed by atoms with Gasteiger partial charge >= 0.3 is 0 Å². The van der Waals surface area contributed by atoms with Crippen LogP contribution >= 0.6 is 0 Å². The lowest BCUT2D eigenvalue weighted by molar-refractivity contribution is 0.904. The first-order valence-corrected chi connectivity index (χ1v) is 5.61. The van der Waals surface area contributed by atoms with E-state index in [-0.39, 0.29) is 0 Å². The third-order valence-electron chi connectivity index (χ3n) is 2.85. The number of imidazole rings is 1. The molecule has 0 atom stereocenters. The zero-order chi connectivity index (χ0) is 11.7. The molecule has 0 aliphatic carbocycles. The molecule has 0 fully saturated rings. The lowest BCUT2D eigenvalue weighted by Crippen LogP contribution is -2.01. The first-order chi connectivity index (χ1) is 8.40. The number of nitrogens with two attached hydrogens (primary N) is 1. The van der Waals surface area contributed by atoms with Crippen molar-refractivity contribution in [3.63, 3.8) is 0 Å². The van der Waals surface area contributed by atoms with E-state index in [1.165, 1.54) is 0 Å². The van der Waals surface area contributed by atoms with Crippen LogP contribution < -0.4 is 5.73 Å². The summed E-state index contributed by atoms with van der Waals surface area (Å²) in [6.07, 6.45) is 2.00. The fourth-order valence-electron chi connectivity index (χ4n) is 2.05. The van der Waals surface area contributed by atoms with Crippen molar-refractivity contribution in [3.05, 3.63) is 60.6 Å². The van der Waals surface area contributed by atoms with Crippen molar-refractivity contribution in [3.8, 4) is 11.3 Å². The van der Waals surface area contributed by atoms with Crippen LogP contribution in [-0.2, 0) is 6.54 Å². The summed E-state index contributed by atoms with van der Waals surface area (Å²) in [5.41, 5.74) is 8.93. The summed E-state index contributed by atoms with van der Waals surface area (Å²) >= 11 is 0. The van der Waals surface area contributed by atoms with Gasteiger partial charge in [0, 0.05) is 11.8 Å². The highest BCUT2D eigenvalue weighted by Crippen LogP contribution is 2.24. The third kappa shape index (κ3) is 1.61. The van der Waals surface area contributed by atoms with Crippen molar-refractivity contribution in [1.29, 1.82) is 0 Å². The Kier molecular flexibility index (Phi) is 2.38. The standard InChI is InChI=1S/C14H13N3/c15-10-13-16-14(11-6-2-1-3-7-11)12-8-4-5-9-17(12)13/h1-9H,10,15H2. The molecule has 3 aromatic rings. The quantitative estimate of drug-likeness (QED) is 0.725. The van der Waals surface area contributed by atoms with Crippen LogP contribution in [0.4, 0.5) is 0 Å². The molecular weight excluding hydrogens is 210 g/mol. The molecule has 17 heavy (non-hydrogen) atoms. The topological polar surface area (TPSA) is 43.3 Å². The monoisotopic (exact) mass is 223 g/mol. The summed E-state index contributed by atoms with van der Waals surface area (Å²) in [6.45, 7) is 0.442. The maximum atomic E-state index is 5.72. The van der Waals surface area contributed by atoms with E-state index < -0.39 is 0 Å². The Bertz CT molecular complexity index is 641. The molecule has 3 heteroatoms. The minimum atomic E-state index is 0.442. The minimum Gasteiger partial charge on any atom is -0.324 e. The number of pyridine rings is 1. The highest BCUT2D eigenvalue weighted by Gasteiger charge is 2.10. The Hall–Kier alpha value is -2.13. The van der Waals surface area contributed by atoms with Crippen molar-refractivity contribution in [1.82, 2.24) is 9.38 Å². The summed E-state index contributed by atoms with van der Waals surface area (Å²) in [6, 6.07) is 16.2. The Morgan fingerprint density at radius 3 is 2.53 bits per heavy atom. The molecule has 3 rings (SSSR count). The maximum Gasteiger partial charge on any atom is 0.127 e. The Balaban J connectivity index is 2.31. The van der Waals surface area contributed by atoms with Crippen molar-refractivity contribution in [2.75, 3.05) is 0 Å². The fraction of sp³-hybridized carbons (Fsp3) is 0.0714. The highest BCUT2D eigenvalue weighted by molar-refractivity contribution is 5.77. The van der Waals surface area contributed by atoms with Gasteiger partial charge in [-0.1, -0.05) is 36.4 Å². The van der Waals surface area contributed by atoms with Gasteiger partial charge in [-0.2, -0.15) is 0 Å². The summed E-state index contributed by atoms with van der Waals surface area (Å²) in [5, 5.41) is 0. The number of hydrogen-bond acceptors (Lipinski definition) is 2. The fourth-order valence-corrected chi connectivity index (χ4v) is 2.05. The largest absolute Gasteiger partial charge is 0.324 e.